The standard InChI is InChI=1S/C37H32ClN3O6S/c1-22-32(35(42)40-27-14-6-5-7-15-27)33(25-18-29(44-2)34(46-4)30(19-25)45-3)41-36(43)31(48-37(41)39-22)20-24-12-8-9-16-28(24)47-21-23-11-10-13-26(38)17-23/h5-20,33H,21H2,1-4H3,(H,40,42)/b31-20-/t33-/m1/s1. The number of carbonyl (C=O) groups excluding carboxylic acids is 1. The molecule has 0 saturated heterocycles. The van der Waals surface area contributed by atoms with E-state index in [9.17, 15) is 9.59 Å². The summed E-state index contributed by atoms with van der Waals surface area (Å²) in [6.07, 6.45) is 1.78. The van der Waals surface area contributed by atoms with Crippen LogP contribution >= 0.6 is 22.9 Å². The van der Waals surface area contributed by atoms with E-state index in [4.69, 9.17) is 35.5 Å². The molecule has 6 rings (SSSR count). The largest absolute Gasteiger partial charge is 0.493 e. The SMILES string of the molecule is COc1cc([C@@H]2C(C(=O)Nc3ccccc3)=C(C)N=c3s/c(=C\c4ccccc4OCc4cccc(Cl)c4)c(=O)n32)cc(OC)c1OC. The molecule has 5 aromatic rings. The zero-order chi connectivity index (χ0) is 33.8. The van der Waals surface area contributed by atoms with E-state index in [1.807, 2.05) is 66.7 Å². The fourth-order valence-electron chi connectivity index (χ4n) is 5.57. The van der Waals surface area contributed by atoms with Crippen molar-refractivity contribution in [1.82, 2.24) is 4.57 Å². The fraction of sp³-hybridized carbons (Fsp3) is 0.162. The smallest absolute Gasteiger partial charge is 0.271 e. The van der Waals surface area contributed by atoms with Gasteiger partial charge in [0.2, 0.25) is 5.75 Å². The van der Waals surface area contributed by atoms with Crippen LogP contribution in [-0.2, 0) is 11.4 Å². The first-order valence-corrected chi connectivity index (χ1v) is 16.2. The van der Waals surface area contributed by atoms with Crippen LogP contribution in [0.15, 0.2) is 112 Å². The summed E-state index contributed by atoms with van der Waals surface area (Å²) in [5.74, 6) is 1.37. The molecule has 0 unspecified atom stereocenters. The Hall–Kier alpha value is -5.32. The van der Waals surface area contributed by atoms with Crippen molar-refractivity contribution in [3.05, 3.63) is 144 Å². The predicted molar refractivity (Wildman–Crippen MR) is 187 cm³/mol. The van der Waals surface area contributed by atoms with Crippen LogP contribution in [-0.4, -0.2) is 31.8 Å². The number of thiazole rings is 1. The number of nitrogens with zero attached hydrogens (tertiary/aromatic N) is 2. The highest BCUT2D eigenvalue weighted by Crippen LogP contribution is 2.42. The number of hydrogen-bond donors (Lipinski definition) is 1. The first-order valence-electron chi connectivity index (χ1n) is 15.0. The molecule has 4 aromatic carbocycles. The van der Waals surface area contributed by atoms with Crippen molar-refractivity contribution in [2.75, 3.05) is 26.6 Å². The van der Waals surface area contributed by atoms with Gasteiger partial charge in [-0.05, 0) is 66.6 Å². The first kappa shape index (κ1) is 32.6. The topological polar surface area (TPSA) is 100 Å². The van der Waals surface area contributed by atoms with Crippen LogP contribution in [0.3, 0.4) is 0 Å². The van der Waals surface area contributed by atoms with Crippen LogP contribution in [0.1, 0.15) is 29.7 Å². The lowest BCUT2D eigenvalue weighted by atomic mass is 9.94. The third kappa shape index (κ3) is 6.58. The van der Waals surface area contributed by atoms with Gasteiger partial charge in [0.1, 0.15) is 12.4 Å². The normalized spacial score (nSPS) is 14.2. The highest BCUT2D eigenvalue weighted by molar-refractivity contribution is 7.07. The molecule has 0 spiro atoms. The second kappa shape index (κ2) is 14.2. The summed E-state index contributed by atoms with van der Waals surface area (Å²) in [6.45, 7) is 2.06. The summed E-state index contributed by atoms with van der Waals surface area (Å²) in [6, 6.07) is 26.7. The molecular formula is C37H32ClN3O6S. The van der Waals surface area contributed by atoms with Crippen LogP contribution in [0.2, 0.25) is 5.02 Å². The summed E-state index contributed by atoms with van der Waals surface area (Å²) in [5, 5.41) is 3.59. The van der Waals surface area contributed by atoms with Gasteiger partial charge in [0.25, 0.3) is 11.5 Å². The van der Waals surface area contributed by atoms with E-state index in [0.29, 0.717) is 72.0 Å². The Morgan fingerprint density at radius 2 is 1.62 bits per heavy atom. The Morgan fingerprint density at radius 1 is 0.917 bits per heavy atom. The molecule has 0 radical (unpaired) electrons. The Balaban J connectivity index is 1.48. The maximum atomic E-state index is 14.4. The molecule has 0 saturated carbocycles. The monoisotopic (exact) mass is 681 g/mol. The lowest BCUT2D eigenvalue weighted by Gasteiger charge is -2.26. The maximum absolute atomic E-state index is 14.4. The minimum atomic E-state index is -0.866. The second-order valence-corrected chi connectivity index (χ2v) is 12.3. The molecule has 0 aliphatic carbocycles. The van der Waals surface area contributed by atoms with Crippen molar-refractivity contribution >= 4 is 40.6 Å². The summed E-state index contributed by atoms with van der Waals surface area (Å²) in [7, 11) is 4.55. The predicted octanol–water partition coefficient (Wildman–Crippen LogP) is 6.13. The van der Waals surface area contributed by atoms with E-state index in [1.54, 1.807) is 41.8 Å². The highest BCUT2D eigenvalue weighted by Gasteiger charge is 2.34. The van der Waals surface area contributed by atoms with Gasteiger partial charge in [0, 0.05) is 16.3 Å². The van der Waals surface area contributed by atoms with Crippen molar-refractivity contribution in [1.29, 1.82) is 0 Å². The van der Waals surface area contributed by atoms with E-state index in [2.05, 4.69) is 5.32 Å². The molecule has 1 amide bonds. The summed E-state index contributed by atoms with van der Waals surface area (Å²) >= 11 is 7.39. The average molecular weight is 682 g/mol. The summed E-state index contributed by atoms with van der Waals surface area (Å²) < 4.78 is 25.0. The highest BCUT2D eigenvalue weighted by atomic mass is 35.5. The quantitative estimate of drug-likeness (QED) is 0.190. The van der Waals surface area contributed by atoms with Crippen LogP contribution in [0.5, 0.6) is 23.0 Å². The summed E-state index contributed by atoms with van der Waals surface area (Å²) in [4.78, 5) is 33.6. The molecule has 0 fully saturated rings. The Labute approximate surface area is 286 Å². The number of nitrogens with one attached hydrogen (secondary N) is 1. The Morgan fingerprint density at radius 3 is 2.31 bits per heavy atom. The van der Waals surface area contributed by atoms with Gasteiger partial charge < -0.3 is 24.3 Å². The lowest BCUT2D eigenvalue weighted by molar-refractivity contribution is -0.113. The molecule has 48 heavy (non-hydrogen) atoms. The number of para-hydroxylation sites is 2. The number of benzene rings is 4. The maximum Gasteiger partial charge on any atom is 0.271 e. The molecule has 1 N–H and O–H groups in total. The van der Waals surface area contributed by atoms with E-state index in [1.165, 1.54) is 32.7 Å². The minimum absolute atomic E-state index is 0.298. The van der Waals surface area contributed by atoms with Gasteiger partial charge in [-0.1, -0.05) is 71.5 Å². The number of allylic oxidation sites excluding steroid dienone is 1. The molecule has 0 bridgehead atoms. The first-order chi connectivity index (χ1) is 23.3. The van der Waals surface area contributed by atoms with E-state index in [0.717, 1.165) is 5.56 Å². The number of hydrogen-bond acceptors (Lipinski definition) is 8. The van der Waals surface area contributed by atoms with Crippen LogP contribution < -0.4 is 39.2 Å². The number of carbonyl (C=O) groups is 1. The van der Waals surface area contributed by atoms with Crippen molar-refractivity contribution in [3.8, 4) is 23.0 Å². The molecule has 1 aromatic heterocycles. The second-order valence-electron chi connectivity index (χ2n) is 10.8. The van der Waals surface area contributed by atoms with Gasteiger partial charge in [-0.15, -0.1) is 0 Å². The molecule has 244 valence electrons. The number of amides is 1. The van der Waals surface area contributed by atoms with Gasteiger partial charge in [0.05, 0.1) is 43.2 Å². The molecule has 11 heteroatoms. The molecule has 1 atom stereocenters. The fourth-order valence-corrected chi connectivity index (χ4v) is 6.82. The number of aromatic nitrogens is 1. The number of rotatable bonds is 10. The van der Waals surface area contributed by atoms with Crippen molar-refractivity contribution in [3.63, 3.8) is 0 Å². The summed E-state index contributed by atoms with van der Waals surface area (Å²) in [5.41, 5.74) is 3.27. The van der Waals surface area contributed by atoms with Crippen LogP contribution in [0.4, 0.5) is 5.69 Å². The van der Waals surface area contributed by atoms with Crippen molar-refractivity contribution in [2.24, 2.45) is 4.99 Å². The van der Waals surface area contributed by atoms with Crippen LogP contribution in [0, 0.1) is 0 Å². The van der Waals surface area contributed by atoms with Gasteiger partial charge in [-0.3, -0.25) is 14.2 Å². The van der Waals surface area contributed by atoms with Crippen molar-refractivity contribution < 1.29 is 23.7 Å². The molecule has 2 heterocycles. The number of fused-ring (bicyclic) bond motifs is 1. The lowest BCUT2D eigenvalue weighted by Crippen LogP contribution is -2.40. The van der Waals surface area contributed by atoms with E-state index in [-0.39, 0.29) is 5.56 Å². The molecule has 9 nitrogen and oxygen atoms in total. The number of anilines is 1. The van der Waals surface area contributed by atoms with Gasteiger partial charge in [-0.2, -0.15) is 0 Å². The Bertz CT molecular complexity index is 2190. The number of methoxy groups -OCH3 is 3. The Kier molecular flexibility index (Phi) is 9.65. The third-order valence-electron chi connectivity index (χ3n) is 7.79. The van der Waals surface area contributed by atoms with Gasteiger partial charge in [-0.25, -0.2) is 4.99 Å². The van der Waals surface area contributed by atoms with Crippen LogP contribution in [0.25, 0.3) is 6.08 Å². The molecular weight excluding hydrogens is 650 g/mol. The van der Waals surface area contributed by atoms with Gasteiger partial charge >= 0.3 is 0 Å². The van der Waals surface area contributed by atoms with E-state index < -0.39 is 11.9 Å². The third-order valence-corrected chi connectivity index (χ3v) is 9.01. The minimum Gasteiger partial charge on any atom is -0.493 e. The van der Waals surface area contributed by atoms with E-state index >= 15 is 0 Å². The van der Waals surface area contributed by atoms with Crippen molar-refractivity contribution in [2.45, 2.75) is 19.6 Å². The number of halogens is 1. The molecule has 1 aliphatic heterocycles. The number of ether oxygens (including phenoxy) is 4. The average Bonchev–Trinajstić information content (AvgIpc) is 3.40. The zero-order valence-electron chi connectivity index (χ0n) is 26.7. The molecule has 1 aliphatic rings. The zero-order valence-corrected chi connectivity index (χ0v) is 28.2. The van der Waals surface area contributed by atoms with Gasteiger partial charge in [0.15, 0.2) is 16.3 Å².